The number of fused-ring (bicyclic) bond motifs is 1. The van der Waals surface area contributed by atoms with Gasteiger partial charge in [-0.15, -0.1) is 0 Å². The van der Waals surface area contributed by atoms with E-state index < -0.39 is 35.1 Å². The predicted molar refractivity (Wildman–Crippen MR) is 116 cm³/mol. The van der Waals surface area contributed by atoms with Gasteiger partial charge in [0.25, 0.3) is 0 Å². The fraction of sp³-hybridized carbons (Fsp3) is 0.870. The van der Waals surface area contributed by atoms with E-state index >= 15 is 0 Å². The van der Waals surface area contributed by atoms with Crippen molar-refractivity contribution < 1.29 is 24.2 Å². The van der Waals surface area contributed by atoms with Crippen LogP contribution in [0.5, 0.6) is 0 Å². The average Bonchev–Trinajstić information content (AvgIpc) is 3.32. The molecule has 8 heteroatoms. The molecule has 0 aliphatic carbocycles. The van der Waals surface area contributed by atoms with Crippen molar-refractivity contribution in [2.75, 3.05) is 20.2 Å². The van der Waals surface area contributed by atoms with Crippen LogP contribution in [0.3, 0.4) is 0 Å². The number of hydrogen-bond acceptors (Lipinski definition) is 5. The zero-order valence-corrected chi connectivity index (χ0v) is 19.6. The van der Waals surface area contributed by atoms with E-state index in [2.05, 4.69) is 17.6 Å². The molecule has 3 N–H and O–H groups in total. The molecule has 31 heavy (non-hydrogen) atoms. The molecule has 7 atom stereocenters. The van der Waals surface area contributed by atoms with E-state index in [0.29, 0.717) is 19.4 Å². The maximum Gasteiger partial charge on any atom is 0.245 e. The summed E-state index contributed by atoms with van der Waals surface area (Å²) in [4.78, 5) is 41.7. The van der Waals surface area contributed by atoms with Gasteiger partial charge in [0.15, 0.2) is 0 Å². The van der Waals surface area contributed by atoms with Crippen molar-refractivity contribution in [2.45, 2.75) is 89.5 Å². The summed E-state index contributed by atoms with van der Waals surface area (Å²) in [7, 11) is 1.56. The van der Waals surface area contributed by atoms with Crippen LogP contribution in [0.15, 0.2) is 0 Å². The number of ether oxygens (including phenoxy) is 1. The molecular formula is C23H39N3O5. The van der Waals surface area contributed by atoms with Crippen LogP contribution < -0.4 is 10.6 Å². The van der Waals surface area contributed by atoms with E-state index in [1.165, 1.54) is 0 Å². The lowest BCUT2D eigenvalue weighted by Crippen LogP contribution is -2.59. The van der Waals surface area contributed by atoms with E-state index in [-0.39, 0.29) is 30.2 Å². The lowest BCUT2D eigenvalue weighted by atomic mass is 9.66. The average molecular weight is 438 g/mol. The van der Waals surface area contributed by atoms with Crippen molar-refractivity contribution in [1.29, 1.82) is 0 Å². The van der Waals surface area contributed by atoms with Crippen molar-refractivity contribution in [3.8, 4) is 0 Å². The Balaban J connectivity index is 2.02. The predicted octanol–water partition coefficient (Wildman–Crippen LogP) is 1.21. The number of hydrogen-bond donors (Lipinski definition) is 3. The number of likely N-dealkylation sites (tertiary alicyclic amines) is 1. The second-order valence-electron chi connectivity index (χ2n) is 9.72. The minimum Gasteiger partial charge on any atom is -0.394 e. The minimum absolute atomic E-state index is 0.00538. The van der Waals surface area contributed by atoms with E-state index in [4.69, 9.17) is 4.74 Å². The second kappa shape index (κ2) is 9.06. The number of unbranched alkanes of at least 4 members (excludes halogenated alkanes) is 2. The summed E-state index contributed by atoms with van der Waals surface area (Å²) in [6, 6.07) is -1.33. The number of aliphatic hydroxyl groups excluding tert-OH is 1. The van der Waals surface area contributed by atoms with Crippen LogP contribution in [0.2, 0.25) is 0 Å². The monoisotopic (exact) mass is 437 g/mol. The van der Waals surface area contributed by atoms with Crippen molar-refractivity contribution in [3.63, 3.8) is 0 Å². The quantitative estimate of drug-likeness (QED) is 0.445. The van der Waals surface area contributed by atoms with Crippen LogP contribution in [0, 0.1) is 17.8 Å². The Bertz CT molecular complexity index is 715. The van der Waals surface area contributed by atoms with Gasteiger partial charge in [-0.3, -0.25) is 14.4 Å². The fourth-order valence-electron chi connectivity index (χ4n) is 6.07. The Morgan fingerprint density at radius 2 is 1.97 bits per heavy atom. The molecule has 0 aromatic rings. The molecule has 1 spiro atoms. The first-order valence-corrected chi connectivity index (χ1v) is 11.8. The number of carbonyl (C=O) groups is 3. The Hall–Kier alpha value is -1.67. The van der Waals surface area contributed by atoms with Gasteiger partial charge in [0, 0.05) is 13.6 Å². The maximum atomic E-state index is 13.8. The Morgan fingerprint density at radius 1 is 1.26 bits per heavy atom. The number of carbonyl (C=O) groups excluding carboxylic acids is 3. The summed E-state index contributed by atoms with van der Waals surface area (Å²) in [5.41, 5.74) is -1.79. The van der Waals surface area contributed by atoms with Gasteiger partial charge in [-0.25, -0.2) is 0 Å². The summed E-state index contributed by atoms with van der Waals surface area (Å²) in [5.74, 6) is -2.06. The fourth-order valence-corrected chi connectivity index (χ4v) is 6.07. The topological polar surface area (TPSA) is 108 Å². The molecule has 3 amide bonds. The zero-order valence-electron chi connectivity index (χ0n) is 19.6. The molecule has 3 aliphatic heterocycles. The molecule has 2 unspecified atom stereocenters. The molecule has 2 bridgehead atoms. The van der Waals surface area contributed by atoms with E-state index in [1.807, 2.05) is 20.8 Å². The smallest absolute Gasteiger partial charge is 0.245 e. The molecule has 3 saturated heterocycles. The number of aliphatic hydroxyl groups is 1. The van der Waals surface area contributed by atoms with Crippen molar-refractivity contribution in [1.82, 2.24) is 15.5 Å². The summed E-state index contributed by atoms with van der Waals surface area (Å²) in [6.07, 6.45) is 4.86. The third-order valence-electron chi connectivity index (χ3n) is 7.92. The van der Waals surface area contributed by atoms with Crippen molar-refractivity contribution >= 4 is 17.7 Å². The Labute approximate surface area is 185 Å². The van der Waals surface area contributed by atoms with Crippen LogP contribution in [-0.4, -0.2) is 71.2 Å². The normalized spacial score (nSPS) is 35.7. The molecule has 3 rings (SSSR count). The first-order valence-electron chi connectivity index (χ1n) is 11.8. The third kappa shape index (κ3) is 3.65. The molecule has 3 fully saturated rings. The first kappa shape index (κ1) is 24.0. The van der Waals surface area contributed by atoms with Gasteiger partial charge in [-0.05, 0) is 32.1 Å². The van der Waals surface area contributed by atoms with Gasteiger partial charge in [-0.1, -0.05) is 40.0 Å². The van der Waals surface area contributed by atoms with Crippen molar-refractivity contribution in [2.24, 2.45) is 17.8 Å². The summed E-state index contributed by atoms with van der Waals surface area (Å²) < 4.78 is 6.51. The highest BCUT2D eigenvalue weighted by molar-refractivity contribution is 5.99. The van der Waals surface area contributed by atoms with E-state index in [1.54, 1.807) is 11.9 Å². The van der Waals surface area contributed by atoms with E-state index in [0.717, 1.165) is 25.7 Å². The standard InChI is InChI=1S/C23H39N3O5/c1-6-8-9-12-25-20(29)18-23-11-10-22(4,31-23)16(19(28)24-5)17(23)21(30)26(18)15(13-27)14(3)7-2/h14-18,27H,6-13H2,1-5H3,(H,24,28)(H,25,29)/t14-,15-,16-,17-,18?,22+,23?/m0/s1. The number of rotatable bonds is 10. The van der Waals surface area contributed by atoms with E-state index in [9.17, 15) is 19.5 Å². The minimum atomic E-state index is -1.03. The molecule has 3 heterocycles. The van der Waals surface area contributed by atoms with Crippen LogP contribution in [0.25, 0.3) is 0 Å². The molecule has 3 aliphatic rings. The number of nitrogens with zero attached hydrogens (tertiary/aromatic N) is 1. The van der Waals surface area contributed by atoms with Crippen LogP contribution >= 0.6 is 0 Å². The van der Waals surface area contributed by atoms with Gasteiger partial charge in [0.1, 0.15) is 11.6 Å². The lowest BCUT2D eigenvalue weighted by Gasteiger charge is -2.39. The zero-order chi connectivity index (χ0) is 23.0. The summed E-state index contributed by atoms with van der Waals surface area (Å²) in [6.45, 7) is 8.27. The number of amides is 3. The van der Waals surface area contributed by atoms with Gasteiger partial charge in [0.2, 0.25) is 17.7 Å². The summed E-state index contributed by atoms with van der Waals surface area (Å²) in [5, 5.41) is 15.9. The maximum absolute atomic E-state index is 13.8. The summed E-state index contributed by atoms with van der Waals surface area (Å²) >= 11 is 0. The lowest BCUT2D eigenvalue weighted by molar-refractivity contribution is -0.151. The van der Waals surface area contributed by atoms with Gasteiger partial charge in [-0.2, -0.15) is 0 Å². The highest BCUT2D eigenvalue weighted by Crippen LogP contribution is 2.63. The Morgan fingerprint density at radius 3 is 2.55 bits per heavy atom. The van der Waals surface area contributed by atoms with Crippen LogP contribution in [-0.2, 0) is 19.1 Å². The van der Waals surface area contributed by atoms with Crippen molar-refractivity contribution in [3.05, 3.63) is 0 Å². The van der Waals surface area contributed by atoms with Gasteiger partial charge >= 0.3 is 0 Å². The second-order valence-corrected chi connectivity index (χ2v) is 9.72. The highest BCUT2D eigenvalue weighted by Gasteiger charge is 2.78. The first-order chi connectivity index (χ1) is 14.7. The van der Waals surface area contributed by atoms with Gasteiger partial charge < -0.3 is 25.4 Å². The Kier molecular flexibility index (Phi) is 7.01. The molecule has 176 valence electrons. The van der Waals surface area contributed by atoms with Gasteiger partial charge in [0.05, 0.1) is 30.1 Å². The molecule has 8 nitrogen and oxygen atoms in total. The third-order valence-corrected chi connectivity index (χ3v) is 7.92. The number of nitrogens with one attached hydrogen (secondary N) is 2. The molecule has 0 saturated carbocycles. The molecule has 0 aromatic carbocycles. The van der Waals surface area contributed by atoms with Crippen LogP contribution in [0.1, 0.15) is 66.2 Å². The largest absolute Gasteiger partial charge is 0.394 e. The van der Waals surface area contributed by atoms with Crippen LogP contribution in [0.4, 0.5) is 0 Å². The molecule has 0 aromatic heterocycles. The molecule has 0 radical (unpaired) electrons. The molecular weight excluding hydrogens is 398 g/mol. The SMILES string of the molecule is CCCCCNC(=O)C1N([C@@H](CO)[C@@H](C)CC)C(=O)[C@@H]2[C@@H](C(=O)NC)[C@@]3(C)CCC12O3. The highest BCUT2D eigenvalue weighted by atomic mass is 16.5.